The molecular weight excluding hydrogens is 314 g/mol. The van der Waals surface area contributed by atoms with Gasteiger partial charge in [0.1, 0.15) is 12.0 Å². The number of aliphatic imine (C=N–C) groups is 1. The molecule has 2 aliphatic rings. The van der Waals surface area contributed by atoms with E-state index in [2.05, 4.69) is 27.2 Å². The van der Waals surface area contributed by atoms with Crippen LogP contribution in [0.1, 0.15) is 31.4 Å². The topological polar surface area (TPSA) is 117 Å². The molecule has 0 bridgehead atoms. The lowest BCUT2D eigenvalue weighted by Crippen LogP contribution is -2.39. The number of aliphatic hydroxyl groups excluding tert-OH is 2. The van der Waals surface area contributed by atoms with Gasteiger partial charge >= 0.3 is 0 Å². The van der Waals surface area contributed by atoms with E-state index in [4.69, 9.17) is 5.73 Å². The highest BCUT2D eigenvalue weighted by molar-refractivity contribution is 7.99. The van der Waals surface area contributed by atoms with E-state index in [0.29, 0.717) is 17.2 Å². The molecule has 3 rings (SSSR count). The van der Waals surface area contributed by atoms with Crippen LogP contribution in [-0.4, -0.2) is 62.2 Å². The molecule has 1 aromatic rings. The van der Waals surface area contributed by atoms with Gasteiger partial charge in [0, 0.05) is 24.1 Å². The average molecular weight is 337 g/mol. The summed E-state index contributed by atoms with van der Waals surface area (Å²) in [6.45, 7) is 2.16. The van der Waals surface area contributed by atoms with Crippen molar-refractivity contribution in [3.8, 4) is 0 Å². The molecule has 0 aromatic carbocycles. The fourth-order valence-corrected chi connectivity index (χ4v) is 4.29. The van der Waals surface area contributed by atoms with E-state index in [9.17, 15) is 10.2 Å². The van der Waals surface area contributed by atoms with Gasteiger partial charge in [-0.1, -0.05) is 13.3 Å². The average Bonchev–Trinajstić information content (AvgIpc) is 3.09. The Balaban J connectivity index is 1.68. The molecular formula is C15H23N5O2S. The highest BCUT2D eigenvalue weighted by atomic mass is 32.2. The third-order valence-electron chi connectivity index (χ3n) is 4.42. The second kappa shape index (κ2) is 7.12. The number of aliphatic hydroxyl groups is 2. The second-order valence-corrected chi connectivity index (χ2v) is 7.16. The number of nitrogens with one attached hydrogen (secondary N) is 1. The van der Waals surface area contributed by atoms with Crippen molar-refractivity contribution in [3.05, 3.63) is 12.0 Å². The highest BCUT2D eigenvalue weighted by Gasteiger charge is 2.46. The summed E-state index contributed by atoms with van der Waals surface area (Å²) in [4.78, 5) is 12.5. The summed E-state index contributed by atoms with van der Waals surface area (Å²) in [5, 5.41) is 24.1. The molecule has 0 radical (unpaired) electrons. The normalized spacial score (nSPS) is 32.4. The number of unbranched alkanes of at least 4 members (excludes halogenated alkanes) is 1. The Hall–Kier alpha value is -1.22. The van der Waals surface area contributed by atoms with E-state index in [1.807, 2.05) is 0 Å². The van der Waals surface area contributed by atoms with Crippen LogP contribution >= 0.6 is 11.8 Å². The minimum atomic E-state index is -0.856. The number of nitrogens with zero attached hydrogens (tertiary/aromatic N) is 3. The number of rotatable bonds is 6. The molecule has 0 saturated carbocycles. The molecule has 5 atom stereocenters. The molecule has 8 heteroatoms. The number of anilines is 1. The van der Waals surface area contributed by atoms with E-state index in [1.165, 1.54) is 6.33 Å². The molecule has 7 nitrogen and oxygen atoms in total. The lowest BCUT2D eigenvalue weighted by atomic mass is 9.94. The summed E-state index contributed by atoms with van der Waals surface area (Å²) in [5.74, 6) is 1.98. The molecule has 23 heavy (non-hydrogen) atoms. The van der Waals surface area contributed by atoms with Crippen LogP contribution in [0.25, 0.3) is 0 Å². The summed E-state index contributed by atoms with van der Waals surface area (Å²) >= 11 is 1.80. The quantitative estimate of drug-likeness (QED) is 0.557. The van der Waals surface area contributed by atoms with Crippen molar-refractivity contribution in [2.24, 2.45) is 4.99 Å². The Bertz CT molecular complexity index is 585. The zero-order valence-electron chi connectivity index (χ0n) is 13.1. The van der Waals surface area contributed by atoms with Crippen LogP contribution in [-0.2, 0) is 0 Å². The first-order valence-corrected chi connectivity index (χ1v) is 9.13. The lowest BCUT2D eigenvalue weighted by Gasteiger charge is -2.21. The van der Waals surface area contributed by atoms with Crippen molar-refractivity contribution in [2.45, 2.75) is 50.0 Å². The van der Waals surface area contributed by atoms with Gasteiger partial charge in [-0.15, -0.1) is 0 Å². The summed E-state index contributed by atoms with van der Waals surface area (Å²) in [6, 6.07) is -0.449. The van der Waals surface area contributed by atoms with Crippen LogP contribution < -0.4 is 11.1 Å². The molecule has 0 aliphatic carbocycles. The maximum absolute atomic E-state index is 10.4. The zero-order valence-corrected chi connectivity index (χ0v) is 13.9. The maximum Gasteiger partial charge on any atom is 0.153 e. The summed E-state index contributed by atoms with van der Waals surface area (Å²) in [6.07, 6.45) is 3.83. The van der Waals surface area contributed by atoms with Crippen LogP contribution in [0.5, 0.6) is 0 Å². The minimum absolute atomic E-state index is 0.131. The van der Waals surface area contributed by atoms with Gasteiger partial charge in [-0.2, -0.15) is 11.8 Å². The summed E-state index contributed by atoms with van der Waals surface area (Å²) < 4.78 is 0. The number of nitrogen functional groups attached to an aromatic ring is 1. The second-order valence-electron chi connectivity index (χ2n) is 6.01. The number of thioether (sulfide) groups is 1. The Morgan fingerprint density at radius 1 is 1.30 bits per heavy atom. The molecule has 1 saturated heterocycles. The van der Waals surface area contributed by atoms with Gasteiger partial charge in [-0.3, -0.25) is 4.99 Å². The monoisotopic (exact) mass is 337 g/mol. The van der Waals surface area contributed by atoms with Gasteiger partial charge in [0.25, 0.3) is 0 Å². The van der Waals surface area contributed by atoms with Gasteiger partial charge in [0.2, 0.25) is 0 Å². The molecule has 1 unspecified atom stereocenters. The fraction of sp³-hybridized carbons (Fsp3) is 0.667. The Morgan fingerprint density at radius 2 is 2.13 bits per heavy atom. The molecule has 0 spiro atoms. The van der Waals surface area contributed by atoms with Crippen LogP contribution in [0.3, 0.4) is 0 Å². The van der Waals surface area contributed by atoms with Gasteiger partial charge in [-0.25, -0.2) is 9.97 Å². The van der Waals surface area contributed by atoms with Gasteiger partial charge in [0.05, 0.1) is 23.8 Å². The third-order valence-corrected chi connectivity index (χ3v) is 5.59. The van der Waals surface area contributed by atoms with Crippen LogP contribution in [0.15, 0.2) is 11.3 Å². The molecule has 1 fully saturated rings. The summed E-state index contributed by atoms with van der Waals surface area (Å²) in [7, 11) is 0. The highest BCUT2D eigenvalue weighted by Crippen LogP contribution is 2.38. The van der Waals surface area contributed by atoms with E-state index < -0.39 is 12.2 Å². The van der Waals surface area contributed by atoms with Gasteiger partial charge in [-0.05, 0) is 12.2 Å². The number of hydrogen-bond acceptors (Lipinski definition) is 8. The van der Waals surface area contributed by atoms with E-state index in [1.54, 1.807) is 18.0 Å². The van der Waals surface area contributed by atoms with Crippen molar-refractivity contribution in [3.63, 3.8) is 0 Å². The summed E-state index contributed by atoms with van der Waals surface area (Å²) in [5.41, 5.74) is 7.10. The first kappa shape index (κ1) is 16.6. The Morgan fingerprint density at radius 3 is 2.91 bits per heavy atom. The van der Waals surface area contributed by atoms with Gasteiger partial charge in [0.15, 0.2) is 5.82 Å². The molecule has 3 heterocycles. The number of hydrogen-bond donors (Lipinski definition) is 4. The number of aromatic nitrogens is 2. The smallest absolute Gasteiger partial charge is 0.153 e. The Kier molecular flexibility index (Phi) is 5.15. The first-order valence-electron chi connectivity index (χ1n) is 7.98. The van der Waals surface area contributed by atoms with Crippen molar-refractivity contribution in [2.75, 3.05) is 17.2 Å². The first-order chi connectivity index (χ1) is 11.1. The van der Waals surface area contributed by atoms with Crippen molar-refractivity contribution < 1.29 is 10.2 Å². The van der Waals surface area contributed by atoms with E-state index in [-0.39, 0.29) is 18.0 Å². The van der Waals surface area contributed by atoms with E-state index >= 15 is 0 Å². The lowest BCUT2D eigenvalue weighted by molar-refractivity contribution is 0.0299. The van der Waals surface area contributed by atoms with Crippen LogP contribution in [0.4, 0.5) is 11.5 Å². The third kappa shape index (κ3) is 3.21. The SMILES string of the molecule is CCCCSC[C@@H]1N[C@H](C2C=Nc3c(N)ncnc32)[C@@H](O)[C@H]1O. The van der Waals surface area contributed by atoms with E-state index in [0.717, 1.165) is 24.3 Å². The van der Waals surface area contributed by atoms with Crippen LogP contribution in [0.2, 0.25) is 0 Å². The van der Waals surface area contributed by atoms with Crippen LogP contribution in [0, 0.1) is 0 Å². The Labute approximate surface area is 139 Å². The van der Waals surface area contributed by atoms with Crippen molar-refractivity contribution in [1.82, 2.24) is 15.3 Å². The maximum atomic E-state index is 10.4. The standard InChI is InChI=1S/C15H23N5O2S/c1-2-3-4-23-6-9-13(21)14(22)11(20-9)8-5-17-12-10(8)18-7-19-15(12)16/h5,7-9,11,13-14,20-22H,2-4,6H2,1H3,(H2,16,18,19)/t8?,9-,11+,13-,14+/m0/s1. The zero-order chi connectivity index (χ0) is 16.4. The number of nitrogens with two attached hydrogens (primary N) is 1. The van der Waals surface area contributed by atoms with Gasteiger partial charge < -0.3 is 21.3 Å². The predicted molar refractivity (Wildman–Crippen MR) is 92.3 cm³/mol. The molecule has 1 aromatic heterocycles. The minimum Gasteiger partial charge on any atom is -0.389 e. The largest absolute Gasteiger partial charge is 0.389 e. The molecule has 5 N–H and O–H groups in total. The molecule has 126 valence electrons. The molecule has 2 aliphatic heterocycles. The predicted octanol–water partition coefficient (Wildman–Crippen LogP) is 0.454. The van der Waals surface area contributed by atoms with Crippen molar-refractivity contribution in [1.29, 1.82) is 0 Å². The molecule has 0 amide bonds. The number of fused-ring (bicyclic) bond motifs is 1. The fourth-order valence-electron chi connectivity index (χ4n) is 3.09. The van der Waals surface area contributed by atoms with Crippen molar-refractivity contribution >= 4 is 29.5 Å².